The lowest BCUT2D eigenvalue weighted by atomic mass is 10.1. The van der Waals surface area contributed by atoms with Crippen molar-refractivity contribution < 1.29 is 0 Å². The van der Waals surface area contributed by atoms with E-state index in [0.29, 0.717) is 5.15 Å². The fourth-order valence-corrected chi connectivity index (χ4v) is 1.73. The van der Waals surface area contributed by atoms with Crippen molar-refractivity contribution in [1.29, 1.82) is 0 Å². The lowest BCUT2D eigenvalue weighted by Crippen LogP contribution is -1.88. The maximum Gasteiger partial charge on any atom is 0.132 e. The maximum absolute atomic E-state index is 6.00. The second-order valence-corrected chi connectivity index (χ2v) is 4.11. The van der Waals surface area contributed by atoms with E-state index in [1.54, 1.807) is 0 Å². The molecule has 0 atom stereocenters. The standard InChI is InChI=1S/C11H9Cl2N/c1-6-5-8-3-4-9(12)7(2)10(8)14-11(6)13/h3-5H,1-2H3. The molecule has 0 radical (unpaired) electrons. The van der Waals surface area contributed by atoms with Crippen LogP contribution >= 0.6 is 23.2 Å². The summed E-state index contributed by atoms with van der Waals surface area (Å²) in [5.41, 5.74) is 2.85. The van der Waals surface area contributed by atoms with Crippen LogP contribution in [0, 0.1) is 13.8 Å². The van der Waals surface area contributed by atoms with E-state index in [2.05, 4.69) is 4.98 Å². The highest BCUT2D eigenvalue weighted by Crippen LogP contribution is 2.26. The van der Waals surface area contributed by atoms with Gasteiger partial charge in [0.25, 0.3) is 0 Å². The normalized spacial score (nSPS) is 10.9. The second-order valence-electron chi connectivity index (χ2n) is 3.34. The average molecular weight is 226 g/mol. The molecule has 2 rings (SSSR count). The number of rotatable bonds is 0. The molecule has 0 unspecified atom stereocenters. The summed E-state index contributed by atoms with van der Waals surface area (Å²) in [6.07, 6.45) is 0. The number of benzene rings is 1. The highest BCUT2D eigenvalue weighted by atomic mass is 35.5. The van der Waals surface area contributed by atoms with Crippen molar-refractivity contribution >= 4 is 34.1 Å². The predicted octanol–water partition coefficient (Wildman–Crippen LogP) is 4.16. The Morgan fingerprint density at radius 1 is 1.14 bits per heavy atom. The van der Waals surface area contributed by atoms with Crippen LogP contribution in [-0.4, -0.2) is 4.98 Å². The fraction of sp³-hybridized carbons (Fsp3) is 0.182. The van der Waals surface area contributed by atoms with Gasteiger partial charge in [-0.2, -0.15) is 0 Å². The molecule has 0 amide bonds. The molecule has 0 spiro atoms. The third kappa shape index (κ3) is 1.47. The Kier molecular flexibility index (Phi) is 2.38. The predicted molar refractivity (Wildman–Crippen MR) is 61.2 cm³/mol. The van der Waals surface area contributed by atoms with Gasteiger partial charge in [0.2, 0.25) is 0 Å². The smallest absolute Gasteiger partial charge is 0.132 e. The molecule has 0 aliphatic rings. The number of aryl methyl sites for hydroxylation is 2. The molecule has 1 heterocycles. The van der Waals surface area contributed by atoms with Crippen LogP contribution < -0.4 is 0 Å². The number of hydrogen-bond donors (Lipinski definition) is 0. The molecule has 2 aromatic rings. The lowest BCUT2D eigenvalue weighted by molar-refractivity contribution is 1.31. The summed E-state index contributed by atoms with van der Waals surface area (Å²) in [5, 5.41) is 2.35. The van der Waals surface area contributed by atoms with Crippen molar-refractivity contribution in [2.24, 2.45) is 0 Å². The van der Waals surface area contributed by atoms with Gasteiger partial charge in [0.15, 0.2) is 0 Å². The SMILES string of the molecule is Cc1cc2ccc(Cl)c(C)c2nc1Cl. The first-order valence-corrected chi connectivity index (χ1v) is 5.07. The molecule has 1 aromatic carbocycles. The van der Waals surface area contributed by atoms with E-state index in [-0.39, 0.29) is 0 Å². The highest BCUT2D eigenvalue weighted by Gasteiger charge is 2.05. The van der Waals surface area contributed by atoms with E-state index in [9.17, 15) is 0 Å². The monoisotopic (exact) mass is 225 g/mol. The Morgan fingerprint density at radius 3 is 2.57 bits per heavy atom. The molecule has 0 aliphatic heterocycles. The number of aromatic nitrogens is 1. The summed E-state index contributed by atoms with van der Waals surface area (Å²) in [4.78, 5) is 4.32. The molecule has 1 nitrogen and oxygen atoms in total. The largest absolute Gasteiger partial charge is 0.235 e. The van der Waals surface area contributed by atoms with E-state index < -0.39 is 0 Å². The van der Waals surface area contributed by atoms with Crippen molar-refractivity contribution in [1.82, 2.24) is 4.98 Å². The van der Waals surface area contributed by atoms with Crippen molar-refractivity contribution in [2.45, 2.75) is 13.8 Å². The van der Waals surface area contributed by atoms with Gasteiger partial charge in [-0.15, -0.1) is 0 Å². The third-order valence-electron chi connectivity index (χ3n) is 2.30. The van der Waals surface area contributed by atoms with Gasteiger partial charge in [0.05, 0.1) is 5.52 Å². The van der Waals surface area contributed by atoms with E-state index >= 15 is 0 Å². The molecule has 3 heteroatoms. The first-order chi connectivity index (χ1) is 6.59. The van der Waals surface area contributed by atoms with Gasteiger partial charge in [0.1, 0.15) is 5.15 Å². The van der Waals surface area contributed by atoms with Crippen LogP contribution in [0.2, 0.25) is 10.2 Å². The number of fused-ring (bicyclic) bond motifs is 1. The minimum atomic E-state index is 0.544. The van der Waals surface area contributed by atoms with Crippen molar-refractivity contribution in [3.05, 3.63) is 39.5 Å². The third-order valence-corrected chi connectivity index (χ3v) is 3.10. The van der Waals surface area contributed by atoms with Gasteiger partial charge in [-0.3, -0.25) is 0 Å². The van der Waals surface area contributed by atoms with E-state index in [0.717, 1.165) is 27.1 Å². The highest BCUT2D eigenvalue weighted by molar-refractivity contribution is 6.32. The molecule has 0 saturated heterocycles. The summed E-state index contributed by atoms with van der Waals surface area (Å²) < 4.78 is 0. The first-order valence-electron chi connectivity index (χ1n) is 4.31. The van der Waals surface area contributed by atoms with Gasteiger partial charge >= 0.3 is 0 Å². The summed E-state index contributed by atoms with van der Waals surface area (Å²) >= 11 is 12.0. The molecule has 0 fully saturated rings. The van der Waals surface area contributed by atoms with Crippen LogP contribution in [0.1, 0.15) is 11.1 Å². The number of halogens is 2. The summed E-state index contributed by atoms with van der Waals surface area (Å²) in [5.74, 6) is 0. The molecular weight excluding hydrogens is 217 g/mol. The zero-order valence-corrected chi connectivity index (χ0v) is 9.45. The van der Waals surface area contributed by atoms with E-state index in [4.69, 9.17) is 23.2 Å². The molecule has 72 valence electrons. The molecule has 0 aliphatic carbocycles. The average Bonchev–Trinajstić information content (AvgIpc) is 2.15. The van der Waals surface area contributed by atoms with Crippen molar-refractivity contribution in [3.8, 4) is 0 Å². The van der Waals surface area contributed by atoms with Crippen LogP contribution in [0.5, 0.6) is 0 Å². The van der Waals surface area contributed by atoms with Crippen LogP contribution in [0.3, 0.4) is 0 Å². The Morgan fingerprint density at radius 2 is 1.86 bits per heavy atom. The van der Waals surface area contributed by atoms with Crippen LogP contribution in [0.4, 0.5) is 0 Å². The molecule has 14 heavy (non-hydrogen) atoms. The zero-order valence-electron chi connectivity index (χ0n) is 7.94. The Labute approximate surface area is 92.7 Å². The molecule has 1 aromatic heterocycles. The van der Waals surface area contributed by atoms with Gasteiger partial charge in [0, 0.05) is 10.4 Å². The van der Waals surface area contributed by atoms with E-state index in [1.165, 1.54) is 0 Å². The van der Waals surface area contributed by atoms with Crippen molar-refractivity contribution in [2.75, 3.05) is 0 Å². The van der Waals surface area contributed by atoms with Gasteiger partial charge in [-0.25, -0.2) is 4.98 Å². The van der Waals surface area contributed by atoms with Gasteiger partial charge in [-0.1, -0.05) is 29.3 Å². The lowest BCUT2D eigenvalue weighted by Gasteiger charge is -2.05. The van der Waals surface area contributed by atoms with Crippen molar-refractivity contribution in [3.63, 3.8) is 0 Å². The maximum atomic E-state index is 6.00. The topological polar surface area (TPSA) is 12.9 Å². The van der Waals surface area contributed by atoms with Crippen LogP contribution in [0.25, 0.3) is 10.9 Å². The van der Waals surface area contributed by atoms with Crippen LogP contribution in [0.15, 0.2) is 18.2 Å². The Hall–Kier alpha value is -0.790. The van der Waals surface area contributed by atoms with Gasteiger partial charge in [-0.05, 0) is 37.1 Å². The van der Waals surface area contributed by atoms with E-state index in [1.807, 2.05) is 32.0 Å². The van der Waals surface area contributed by atoms with Crippen LogP contribution in [-0.2, 0) is 0 Å². The second kappa shape index (κ2) is 3.41. The first kappa shape index (κ1) is 9.75. The Balaban J connectivity index is 2.89. The number of hydrogen-bond acceptors (Lipinski definition) is 1. The van der Waals surface area contributed by atoms with Gasteiger partial charge < -0.3 is 0 Å². The minimum Gasteiger partial charge on any atom is -0.235 e. The molecular formula is C11H9Cl2N. The fourth-order valence-electron chi connectivity index (χ4n) is 1.44. The molecule has 0 N–H and O–H groups in total. The zero-order chi connectivity index (χ0) is 10.3. The number of nitrogens with zero attached hydrogens (tertiary/aromatic N) is 1. The summed E-state index contributed by atoms with van der Waals surface area (Å²) in [7, 11) is 0. The quantitative estimate of drug-likeness (QED) is 0.614. The molecule has 0 bridgehead atoms. The summed E-state index contributed by atoms with van der Waals surface area (Å²) in [6.45, 7) is 3.89. The number of pyridine rings is 1. The minimum absolute atomic E-state index is 0.544. The molecule has 0 saturated carbocycles. The Bertz CT molecular complexity index is 506. The summed E-state index contributed by atoms with van der Waals surface area (Å²) in [6, 6.07) is 5.86.